The quantitative estimate of drug-likeness (QED) is 0.330. The van der Waals surface area contributed by atoms with Crippen LogP contribution in [0.4, 0.5) is 5.69 Å². The molecule has 24 heavy (non-hydrogen) atoms. The molecule has 0 bridgehead atoms. The van der Waals surface area contributed by atoms with Gasteiger partial charge >= 0.3 is 11.9 Å². The van der Waals surface area contributed by atoms with Crippen molar-refractivity contribution in [2.45, 2.75) is 20.8 Å². The first kappa shape index (κ1) is 19.9. The zero-order valence-corrected chi connectivity index (χ0v) is 14.8. The number of carbonyl (C=O) groups is 3. The van der Waals surface area contributed by atoms with Gasteiger partial charge in [-0.3, -0.25) is 4.79 Å². The van der Waals surface area contributed by atoms with Gasteiger partial charge in [-0.1, -0.05) is 23.2 Å². The van der Waals surface area contributed by atoms with Crippen molar-refractivity contribution < 1.29 is 23.9 Å². The molecule has 130 valence electrons. The Hall–Kier alpha value is -2.12. The van der Waals surface area contributed by atoms with Crippen LogP contribution in [-0.2, 0) is 23.9 Å². The van der Waals surface area contributed by atoms with Gasteiger partial charge < -0.3 is 9.47 Å². The van der Waals surface area contributed by atoms with E-state index in [1.807, 2.05) is 0 Å². The SMILES string of the molecule is CCOC(=O)C(=NN(C(C)=O)c1cc(Cl)cc(Cl)c1)C(=O)OCC. The smallest absolute Gasteiger partial charge is 0.366 e. The molecule has 1 aromatic rings. The molecule has 1 amide bonds. The van der Waals surface area contributed by atoms with Crippen molar-refractivity contribution in [3.05, 3.63) is 28.2 Å². The molecule has 0 atom stereocenters. The Bertz CT molecular complexity index is 636. The summed E-state index contributed by atoms with van der Waals surface area (Å²) in [4.78, 5) is 35.8. The molecule has 0 fully saturated rings. The molecule has 1 rings (SSSR count). The van der Waals surface area contributed by atoms with E-state index in [1.165, 1.54) is 25.1 Å². The highest BCUT2D eigenvalue weighted by Gasteiger charge is 2.26. The van der Waals surface area contributed by atoms with Gasteiger partial charge in [0.25, 0.3) is 5.71 Å². The number of amides is 1. The van der Waals surface area contributed by atoms with Crippen LogP contribution in [0.5, 0.6) is 0 Å². The van der Waals surface area contributed by atoms with Crippen LogP contribution in [0.2, 0.25) is 10.0 Å². The van der Waals surface area contributed by atoms with E-state index in [9.17, 15) is 14.4 Å². The number of hydrogen-bond acceptors (Lipinski definition) is 6. The summed E-state index contributed by atoms with van der Waals surface area (Å²) in [6.45, 7) is 4.40. The van der Waals surface area contributed by atoms with Crippen LogP contribution >= 0.6 is 23.2 Å². The standard InChI is InChI=1S/C15H16Cl2N2O5/c1-4-23-14(21)13(15(22)24-5-2)18-19(9(3)20)12-7-10(16)6-11(17)8-12/h6-8H,4-5H2,1-3H3. The lowest BCUT2D eigenvalue weighted by atomic mass is 10.3. The molecule has 0 saturated heterocycles. The lowest BCUT2D eigenvalue weighted by Gasteiger charge is -2.17. The van der Waals surface area contributed by atoms with Gasteiger partial charge in [-0.05, 0) is 32.0 Å². The van der Waals surface area contributed by atoms with Crippen molar-refractivity contribution in [3.63, 3.8) is 0 Å². The van der Waals surface area contributed by atoms with Crippen LogP contribution in [0.1, 0.15) is 20.8 Å². The van der Waals surface area contributed by atoms with Crippen molar-refractivity contribution in [3.8, 4) is 0 Å². The minimum absolute atomic E-state index is 0.0281. The molecule has 0 unspecified atom stereocenters. The topological polar surface area (TPSA) is 85.3 Å². The maximum absolute atomic E-state index is 11.9. The molecule has 0 N–H and O–H groups in total. The Kier molecular flexibility index (Phi) is 7.67. The Labute approximate surface area is 149 Å². The molecule has 9 heteroatoms. The molecule has 0 spiro atoms. The van der Waals surface area contributed by atoms with E-state index < -0.39 is 23.6 Å². The lowest BCUT2D eigenvalue weighted by Crippen LogP contribution is -2.33. The summed E-state index contributed by atoms with van der Waals surface area (Å²) in [5.41, 5.74) is -0.476. The van der Waals surface area contributed by atoms with Crippen molar-refractivity contribution >= 4 is 52.4 Å². The monoisotopic (exact) mass is 374 g/mol. The predicted molar refractivity (Wildman–Crippen MR) is 90.3 cm³/mol. The molecule has 0 aromatic heterocycles. The summed E-state index contributed by atoms with van der Waals surface area (Å²) in [5, 5.41) is 5.13. The van der Waals surface area contributed by atoms with E-state index in [1.54, 1.807) is 13.8 Å². The van der Waals surface area contributed by atoms with Gasteiger partial charge in [0, 0.05) is 17.0 Å². The van der Waals surface area contributed by atoms with Crippen LogP contribution in [0.25, 0.3) is 0 Å². The maximum atomic E-state index is 11.9. The highest BCUT2D eigenvalue weighted by Crippen LogP contribution is 2.26. The van der Waals surface area contributed by atoms with E-state index in [0.29, 0.717) is 0 Å². The van der Waals surface area contributed by atoms with Crippen LogP contribution in [0.3, 0.4) is 0 Å². The number of rotatable bonds is 6. The van der Waals surface area contributed by atoms with Crippen LogP contribution in [0.15, 0.2) is 23.3 Å². The molecule has 0 aliphatic heterocycles. The van der Waals surface area contributed by atoms with E-state index in [2.05, 4.69) is 5.10 Å². The first-order chi connectivity index (χ1) is 11.3. The van der Waals surface area contributed by atoms with Gasteiger partial charge in [-0.2, -0.15) is 5.01 Å². The molecule has 0 saturated carbocycles. The van der Waals surface area contributed by atoms with Gasteiger partial charge in [-0.25, -0.2) is 9.59 Å². The third-order valence-corrected chi connectivity index (χ3v) is 2.96. The second-order valence-corrected chi connectivity index (χ2v) is 5.22. The third kappa shape index (κ3) is 5.50. The van der Waals surface area contributed by atoms with Gasteiger partial charge in [0.1, 0.15) is 0 Å². The predicted octanol–water partition coefficient (Wildman–Crippen LogP) is 2.83. The summed E-state index contributed by atoms with van der Waals surface area (Å²) >= 11 is 11.8. The van der Waals surface area contributed by atoms with Crippen molar-refractivity contribution in [2.75, 3.05) is 18.2 Å². The number of carbonyl (C=O) groups excluding carboxylic acids is 3. The number of halogens is 2. The summed E-state index contributed by atoms with van der Waals surface area (Å²) in [7, 11) is 0. The number of nitrogens with zero attached hydrogens (tertiary/aromatic N) is 2. The highest BCUT2D eigenvalue weighted by atomic mass is 35.5. The van der Waals surface area contributed by atoms with Crippen LogP contribution < -0.4 is 5.01 Å². The van der Waals surface area contributed by atoms with Crippen molar-refractivity contribution in [1.82, 2.24) is 0 Å². The first-order valence-electron chi connectivity index (χ1n) is 6.99. The molecule has 0 aliphatic rings. The fourth-order valence-electron chi connectivity index (χ4n) is 1.64. The molecule has 1 aromatic carbocycles. The van der Waals surface area contributed by atoms with Crippen molar-refractivity contribution in [1.29, 1.82) is 0 Å². The molecule has 7 nitrogen and oxygen atoms in total. The number of hydrazone groups is 1. The van der Waals surface area contributed by atoms with E-state index in [-0.39, 0.29) is 28.9 Å². The van der Waals surface area contributed by atoms with Gasteiger partial charge in [0.15, 0.2) is 0 Å². The van der Waals surface area contributed by atoms with E-state index in [4.69, 9.17) is 32.7 Å². The maximum Gasteiger partial charge on any atom is 0.366 e. The van der Waals surface area contributed by atoms with Crippen LogP contribution in [0, 0.1) is 0 Å². The van der Waals surface area contributed by atoms with E-state index >= 15 is 0 Å². The number of hydrogen-bond donors (Lipinski definition) is 0. The molecule has 0 radical (unpaired) electrons. The average Bonchev–Trinajstić information content (AvgIpc) is 2.46. The molecule has 0 aliphatic carbocycles. The Morgan fingerprint density at radius 2 is 1.46 bits per heavy atom. The normalized spacial score (nSPS) is 9.88. The second-order valence-electron chi connectivity index (χ2n) is 4.35. The average molecular weight is 375 g/mol. The Morgan fingerprint density at radius 1 is 1.00 bits per heavy atom. The number of esters is 2. The van der Waals surface area contributed by atoms with Gasteiger partial charge in [0.05, 0.1) is 18.9 Å². The third-order valence-electron chi connectivity index (χ3n) is 2.53. The Balaban J connectivity index is 3.37. The number of ether oxygens (including phenoxy) is 2. The number of benzene rings is 1. The summed E-state index contributed by atoms with van der Waals surface area (Å²) < 4.78 is 9.55. The number of anilines is 1. The molecule has 0 heterocycles. The lowest BCUT2D eigenvalue weighted by molar-refractivity contribution is -0.140. The molecular weight excluding hydrogens is 359 g/mol. The zero-order chi connectivity index (χ0) is 18.3. The van der Waals surface area contributed by atoms with Crippen LogP contribution in [-0.4, -0.2) is 36.8 Å². The fraction of sp³-hybridized carbons (Fsp3) is 0.333. The molecular formula is C15H16Cl2N2O5. The second kappa shape index (κ2) is 9.24. The minimum atomic E-state index is -1.00. The Morgan fingerprint density at radius 3 is 1.83 bits per heavy atom. The van der Waals surface area contributed by atoms with Gasteiger partial charge in [0.2, 0.25) is 5.91 Å². The highest BCUT2D eigenvalue weighted by molar-refractivity contribution is 6.62. The largest absolute Gasteiger partial charge is 0.461 e. The summed E-state index contributed by atoms with van der Waals surface area (Å²) in [6.07, 6.45) is 0. The van der Waals surface area contributed by atoms with Gasteiger partial charge in [-0.15, -0.1) is 5.10 Å². The summed E-state index contributed by atoms with van der Waals surface area (Å²) in [6, 6.07) is 4.28. The fourth-order valence-corrected chi connectivity index (χ4v) is 2.15. The van der Waals surface area contributed by atoms with E-state index in [0.717, 1.165) is 5.01 Å². The zero-order valence-electron chi connectivity index (χ0n) is 13.3. The van der Waals surface area contributed by atoms with Crippen molar-refractivity contribution in [2.24, 2.45) is 5.10 Å². The summed E-state index contributed by atoms with van der Waals surface area (Å²) in [5.74, 6) is -2.58. The first-order valence-corrected chi connectivity index (χ1v) is 7.75. The minimum Gasteiger partial charge on any atom is -0.461 e.